The van der Waals surface area contributed by atoms with Crippen LogP contribution in [0.15, 0.2) is 66.7 Å². The van der Waals surface area contributed by atoms with Gasteiger partial charge in [-0.3, -0.25) is 14.5 Å². The minimum atomic E-state index is -4.73. The molecule has 2 aliphatic heterocycles. The molecule has 0 saturated carbocycles. The van der Waals surface area contributed by atoms with Crippen molar-refractivity contribution in [2.45, 2.75) is 6.18 Å². The summed E-state index contributed by atoms with van der Waals surface area (Å²) >= 11 is 6.11. The molecule has 2 amide bonds. The third-order valence-electron chi connectivity index (χ3n) is 7.30. The summed E-state index contributed by atoms with van der Waals surface area (Å²) in [4.78, 5) is 31.2. The molecule has 2 N–H and O–H groups in total. The zero-order valence-electron chi connectivity index (χ0n) is 22.6. The lowest BCUT2D eigenvalue weighted by molar-refractivity contribution is -0.137. The van der Waals surface area contributed by atoms with Gasteiger partial charge in [0.1, 0.15) is 0 Å². The first-order valence-corrected chi connectivity index (χ1v) is 13.5. The van der Waals surface area contributed by atoms with Crippen molar-refractivity contribution in [3.63, 3.8) is 0 Å². The van der Waals surface area contributed by atoms with E-state index in [0.29, 0.717) is 40.6 Å². The van der Waals surface area contributed by atoms with Crippen molar-refractivity contribution in [2.75, 3.05) is 62.4 Å². The molecule has 3 aromatic rings. The van der Waals surface area contributed by atoms with Gasteiger partial charge in [0, 0.05) is 49.5 Å². The minimum absolute atomic E-state index is 0.0322. The molecule has 7 nitrogen and oxygen atoms in total. The number of nitrogens with zero attached hydrogens (tertiary/aromatic N) is 3. The van der Waals surface area contributed by atoms with Gasteiger partial charge in [-0.05, 0) is 42.9 Å². The molecule has 0 aromatic heterocycles. The van der Waals surface area contributed by atoms with E-state index in [1.54, 1.807) is 48.5 Å². The van der Waals surface area contributed by atoms with E-state index in [1.807, 2.05) is 11.9 Å². The van der Waals surface area contributed by atoms with Crippen LogP contribution < -0.4 is 15.5 Å². The third kappa shape index (κ3) is 6.24. The van der Waals surface area contributed by atoms with Crippen LogP contribution in [0.2, 0.25) is 5.02 Å². The normalized spacial score (nSPS) is 17.2. The van der Waals surface area contributed by atoms with Gasteiger partial charge in [-0.15, -0.1) is 0 Å². The number of fused-ring (bicyclic) bond motifs is 1. The molecule has 0 bridgehead atoms. The van der Waals surface area contributed by atoms with E-state index < -0.39 is 23.6 Å². The number of hydrogen-bond acceptors (Lipinski definition) is 5. The number of halogens is 4. The summed E-state index contributed by atoms with van der Waals surface area (Å²) in [6.07, 6.45) is -4.73. The van der Waals surface area contributed by atoms with Crippen molar-refractivity contribution in [1.82, 2.24) is 9.80 Å². The molecule has 3 aromatic carbocycles. The molecule has 2 aliphatic rings. The van der Waals surface area contributed by atoms with E-state index in [1.165, 1.54) is 19.2 Å². The number of hydrogen-bond donors (Lipinski definition) is 2. The van der Waals surface area contributed by atoms with Crippen LogP contribution in [0.5, 0.6) is 0 Å². The summed E-state index contributed by atoms with van der Waals surface area (Å²) in [6.45, 7) is 2.96. The predicted octanol–water partition coefficient (Wildman–Crippen LogP) is 5.50. The number of nitrogens with one attached hydrogen (secondary N) is 2. The molecule has 0 unspecified atom stereocenters. The Morgan fingerprint density at radius 3 is 2.41 bits per heavy atom. The Kier molecular flexibility index (Phi) is 8.08. The zero-order valence-corrected chi connectivity index (χ0v) is 23.3. The minimum Gasteiger partial charge on any atom is -0.354 e. The maximum atomic E-state index is 14.3. The number of carbonyl (C=O) groups excluding carboxylic acids is 2. The van der Waals surface area contributed by atoms with Gasteiger partial charge in [0.2, 0.25) is 5.91 Å². The number of piperazine rings is 1. The van der Waals surface area contributed by atoms with E-state index in [2.05, 4.69) is 15.5 Å². The van der Waals surface area contributed by atoms with E-state index >= 15 is 0 Å². The van der Waals surface area contributed by atoms with Gasteiger partial charge in [0.05, 0.1) is 34.8 Å². The number of rotatable bonds is 6. The highest BCUT2D eigenvalue weighted by atomic mass is 35.5. The molecule has 0 spiro atoms. The fraction of sp³-hybridized carbons (Fsp3) is 0.267. The van der Waals surface area contributed by atoms with Gasteiger partial charge < -0.3 is 20.4 Å². The average Bonchev–Trinajstić information content (AvgIpc) is 3.26. The average molecular weight is 584 g/mol. The first kappa shape index (κ1) is 28.7. The lowest BCUT2D eigenvalue weighted by Crippen LogP contribution is -2.48. The molecule has 1 fully saturated rings. The second-order valence-electron chi connectivity index (χ2n) is 10.1. The topological polar surface area (TPSA) is 67.9 Å². The Morgan fingerprint density at radius 1 is 1.02 bits per heavy atom. The summed E-state index contributed by atoms with van der Waals surface area (Å²) < 4.78 is 43.0. The molecule has 0 aliphatic carbocycles. The van der Waals surface area contributed by atoms with Gasteiger partial charge in [-0.25, -0.2) is 0 Å². The number of anilines is 3. The SMILES string of the molecule is CN1CCN(CC(=O)N(C)c2ccc(N/C(=C3\C(=O)Nc4cc(Cl)ccc43)c3ccccc3)cc2C(F)(F)F)CC1. The smallest absolute Gasteiger partial charge is 0.354 e. The second-order valence-corrected chi connectivity index (χ2v) is 10.6. The van der Waals surface area contributed by atoms with Gasteiger partial charge >= 0.3 is 6.18 Å². The summed E-state index contributed by atoms with van der Waals surface area (Å²) in [5, 5.41) is 6.29. The van der Waals surface area contributed by atoms with Crippen molar-refractivity contribution >= 4 is 51.7 Å². The largest absolute Gasteiger partial charge is 0.418 e. The summed E-state index contributed by atoms with van der Waals surface area (Å²) in [5.41, 5.74) is 1.23. The van der Waals surface area contributed by atoms with E-state index in [0.717, 1.165) is 24.1 Å². The zero-order chi connectivity index (χ0) is 29.3. The highest BCUT2D eigenvalue weighted by Crippen LogP contribution is 2.41. The lowest BCUT2D eigenvalue weighted by atomic mass is 10.00. The Bertz CT molecular complexity index is 1500. The number of alkyl halides is 3. The van der Waals surface area contributed by atoms with Gasteiger partial charge in [-0.1, -0.05) is 48.0 Å². The second kappa shape index (κ2) is 11.6. The molecular weight excluding hydrogens is 555 g/mol. The van der Waals surface area contributed by atoms with Gasteiger partial charge in [-0.2, -0.15) is 13.2 Å². The molecule has 41 heavy (non-hydrogen) atoms. The molecule has 1 saturated heterocycles. The highest BCUT2D eigenvalue weighted by Gasteiger charge is 2.36. The van der Waals surface area contributed by atoms with Gasteiger partial charge in [0.15, 0.2) is 0 Å². The first-order chi connectivity index (χ1) is 19.5. The van der Waals surface area contributed by atoms with Crippen LogP contribution in [-0.4, -0.2) is 68.4 Å². The quantitative estimate of drug-likeness (QED) is 0.375. The fourth-order valence-corrected chi connectivity index (χ4v) is 5.16. The van der Waals surface area contributed by atoms with Crippen molar-refractivity contribution in [3.05, 3.63) is 88.4 Å². The summed E-state index contributed by atoms with van der Waals surface area (Å²) in [6, 6.07) is 17.6. The number of benzene rings is 3. The Morgan fingerprint density at radius 2 is 1.73 bits per heavy atom. The maximum absolute atomic E-state index is 14.3. The number of carbonyl (C=O) groups is 2. The summed E-state index contributed by atoms with van der Waals surface area (Å²) in [7, 11) is 3.35. The Hall–Kier alpha value is -3.86. The highest BCUT2D eigenvalue weighted by molar-refractivity contribution is 6.38. The van der Waals surface area contributed by atoms with Crippen LogP contribution in [0.1, 0.15) is 16.7 Å². The Labute approximate surface area is 241 Å². The molecular formula is C30H29ClF3N5O2. The van der Waals surface area contributed by atoms with Crippen molar-refractivity contribution in [2.24, 2.45) is 0 Å². The predicted molar refractivity (Wildman–Crippen MR) is 156 cm³/mol. The third-order valence-corrected chi connectivity index (χ3v) is 7.54. The van der Waals surface area contributed by atoms with Crippen LogP contribution in [-0.2, 0) is 15.8 Å². The number of amides is 2. The standard InChI is InChI=1S/C30H29ClF3N5O2/c1-37-12-14-39(15-13-37)18-26(40)38(2)25-11-9-21(17-23(25)30(32,33)34)35-28(19-6-4-3-5-7-19)27-22-10-8-20(31)16-24(22)36-29(27)41/h3-11,16-17,35H,12-15,18H2,1-2H3,(H,36,41)/b28-27-. The molecule has 5 rings (SSSR count). The monoisotopic (exact) mass is 583 g/mol. The Balaban J connectivity index is 1.50. The number of likely N-dealkylation sites (N-methyl/N-ethyl adjacent to an activating group) is 2. The van der Waals surface area contributed by atoms with E-state index in [-0.39, 0.29) is 23.5 Å². The van der Waals surface area contributed by atoms with Crippen LogP contribution in [0.3, 0.4) is 0 Å². The molecule has 2 heterocycles. The van der Waals surface area contributed by atoms with Crippen molar-refractivity contribution < 1.29 is 22.8 Å². The van der Waals surface area contributed by atoms with E-state index in [9.17, 15) is 22.8 Å². The lowest BCUT2D eigenvalue weighted by Gasteiger charge is -2.33. The van der Waals surface area contributed by atoms with Crippen LogP contribution in [0.25, 0.3) is 11.3 Å². The first-order valence-electron chi connectivity index (χ1n) is 13.1. The fourth-order valence-electron chi connectivity index (χ4n) is 4.99. The van der Waals surface area contributed by atoms with Crippen molar-refractivity contribution in [1.29, 1.82) is 0 Å². The van der Waals surface area contributed by atoms with Crippen LogP contribution in [0.4, 0.5) is 30.2 Å². The van der Waals surface area contributed by atoms with Crippen LogP contribution in [0, 0.1) is 0 Å². The van der Waals surface area contributed by atoms with Crippen LogP contribution >= 0.6 is 11.6 Å². The molecule has 0 atom stereocenters. The molecule has 0 radical (unpaired) electrons. The molecule has 214 valence electrons. The maximum Gasteiger partial charge on any atom is 0.418 e. The van der Waals surface area contributed by atoms with Crippen molar-refractivity contribution in [3.8, 4) is 0 Å². The summed E-state index contributed by atoms with van der Waals surface area (Å²) in [5.74, 6) is -0.832. The van der Waals surface area contributed by atoms with E-state index in [4.69, 9.17) is 11.6 Å². The molecule has 11 heteroatoms. The van der Waals surface area contributed by atoms with Gasteiger partial charge in [0.25, 0.3) is 5.91 Å².